The molecule has 1 atom stereocenters. The molecule has 0 radical (unpaired) electrons. The van der Waals surface area contributed by atoms with Crippen molar-refractivity contribution in [2.45, 2.75) is 19.0 Å². The summed E-state index contributed by atoms with van der Waals surface area (Å²) in [6.45, 7) is 3.03. The van der Waals surface area contributed by atoms with Gasteiger partial charge < -0.3 is 5.32 Å². The number of benzene rings is 1. The fourth-order valence-electron chi connectivity index (χ4n) is 2.20. The van der Waals surface area contributed by atoms with E-state index in [1.165, 1.54) is 6.42 Å². The largest absolute Gasteiger partial charge is 0.316 e. The van der Waals surface area contributed by atoms with Gasteiger partial charge in [0.1, 0.15) is 0 Å². The summed E-state index contributed by atoms with van der Waals surface area (Å²) in [5.74, 6) is 0. The number of nitrogens with zero attached hydrogens (tertiary/aromatic N) is 2. The lowest BCUT2D eigenvalue weighted by Crippen LogP contribution is -2.29. The monoisotopic (exact) mass is 249 g/mol. The van der Waals surface area contributed by atoms with Crippen molar-refractivity contribution in [2.75, 3.05) is 20.1 Å². The van der Waals surface area contributed by atoms with Crippen molar-refractivity contribution in [3.8, 4) is 6.07 Å². The topological polar surface area (TPSA) is 39.1 Å². The molecule has 1 aliphatic rings. The summed E-state index contributed by atoms with van der Waals surface area (Å²) in [5, 5.41) is 12.8. The Balaban J connectivity index is 2.02. The van der Waals surface area contributed by atoms with E-state index in [9.17, 15) is 0 Å². The quantitative estimate of drug-likeness (QED) is 0.891. The fraction of sp³-hybridized carbons (Fsp3) is 0.462. The third kappa shape index (κ3) is 2.98. The van der Waals surface area contributed by atoms with Gasteiger partial charge in [0, 0.05) is 30.7 Å². The SMILES string of the molecule is CNC1CCN(Cc2ccc(C#N)cc2Cl)C1. The lowest BCUT2D eigenvalue weighted by atomic mass is 10.1. The second-order valence-electron chi connectivity index (χ2n) is 4.43. The molecule has 17 heavy (non-hydrogen) atoms. The highest BCUT2D eigenvalue weighted by Crippen LogP contribution is 2.21. The Morgan fingerprint density at radius 2 is 2.41 bits per heavy atom. The van der Waals surface area contributed by atoms with Crippen molar-refractivity contribution in [3.05, 3.63) is 34.3 Å². The van der Waals surface area contributed by atoms with Crippen molar-refractivity contribution in [2.24, 2.45) is 0 Å². The Morgan fingerprint density at radius 1 is 1.59 bits per heavy atom. The van der Waals surface area contributed by atoms with E-state index >= 15 is 0 Å². The summed E-state index contributed by atoms with van der Waals surface area (Å²) in [6, 6.07) is 8.20. The maximum Gasteiger partial charge on any atom is 0.0992 e. The van der Waals surface area contributed by atoms with Crippen molar-refractivity contribution in [1.82, 2.24) is 10.2 Å². The molecule has 2 rings (SSSR count). The molecule has 1 unspecified atom stereocenters. The van der Waals surface area contributed by atoms with Crippen LogP contribution in [0.2, 0.25) is 5.02 Å². The van der Waals surface area contributed by atoms with Gasteiger partial charge in [0.25, 0.3) is 0 Å². The van der Waals surface area contributed by atoms with E-state index in [2.05, 4.69) is 16.3 Å². The maximum absolute atomic E-state index is 8.78. The summed E-state index contributed by atoms with van der Waals surface area (Å²) in [6.07, 6.45) is 1.18. The molecule has 4 heteroatoms. The minimum absolute atomic E-state index is 0.590. The first kappa shape index (κ1) is 12.4. The molecule has 1 N–H and O–H groups in total. The van der Waals surface area contributed by atoms with Gasteiger partial charge in [0.05, 0.1) is 11.6 Å². The Labute approximate surface area is 107 Å². The zero-order chi connectivity index (χ0) is 12.3. The van der Waals surface area contributed by atoms with Crippen molar-refractivity contribution in [3.63, 3.8) is 0 Å². The Hall–Kier alpha value is -1.08. The van der Waals surface area contributed by atoms with E-state index in [4.69, 9.17) is 16.9 Å². The highest BCUT2D eigenvalue weighted by molar-refractivity contribution is 6.31. The van der Waals surface area contributed by atoms with Crippen molar-refractivity contribution in [1.29, 1.82) is 5.26 Å². The van der Waals surface area contributed by atoms with Crippen LogP contribution in [0.4, 0.5) is 0 Å². The van der Waals surface area contributed by atoms with E-state index in [1.54, 1.807) is 6.07 Å². The average Bonchev–Trinajstić information content (AvgIpc) is 2.79. The van der Waals surface area contributed by atoms with E-state index in [-0.39, 0.29) is 0 Å². The number of nitrogens with one attached hydrogen (secondary N) is 1. The van der Waals surface area contributed by atoms with Gasteiger partial charge >= 0.3 is 0 Å². The van der Waals surface area contributed by atoms with Gasteiger partial charge in [-0.3, -0.25) is 4.90 Å². The minimum atomic E-state index is 0.590. The lowest BCUT2D eigenvalue weighted by molar-refractivity contribution is 0.322. The first-order valence-electron chi connectivity index (χ1n) is 5.81. The predicted molar refractivity (Wildman–Crippen MR) is 68.9 cm³/mol. The summed E-state index contributed by atoms with van der Waals surface area (Å²) in [5.41, 5.74) is 1.72. The Morgan fingerprint density at radius 3 is 3.00 bits per heavy atom. The molecule has 0 bridgehead atoms. The van der Waals surface area contributed by atoms with E-state index in [0.29, 0.717) is 16.6 Å². The smallest absolute Gasteiger partial charge is 0.0992 e. The molecule has 0 aliphatic carbocycles. The molecule has 0 spiro atoms. The van der Waals surface area contributed by atoms with Crippen LogP contribution < -0.4 is 5.32 Å². The van der Waals surface area contributed by atoms with E-state index in [1.807, 2.05) is 19.2 Å². The molecule has 1 aromatic rings. The second-order valence-corrected chi connectivity index (χ2v) is 4.83. The number of rotatable bonds is 3. The average molecular weight is 250 g/mol. The van der Waals surface area contributed by atoms with Crippen LogP contribution in [0, 0.1) is 11.3 Å². The minimum Gasteiger partial charge on any atom is -0.316 e. The van der Waals surface area contributed by atoms with Gasteiger partial charge in [0.15, 0.2) is 0 Å². The van der Waals surface area contributed by atoms with Crippen LogP contribution in [0.15, 0.2) is 18.2 Å². The van der Waals surface area contributed by atoms with Gasteiger partial charge in [-0.2, -0.15) is 5.26 Å². The summed E-state index contributed by atoms with van der Waals surface area (Å²) < 4.78 is 0. The summed E-state index contributed by atoms with van der Waals surface area (Å²) in [7, 11) is 2.00. The number of hydrogen-bond acceptors (Lipinski definition) is 3. The number of hydrogen-bond donors (Lipinski definition) is 1. The number of likely N-dealkylation sites (tertiary alicyclic amines) is 1. The molecule has 1 heterocycles. The predicted octanol–water partition coefficient (Wildman–Crippen LogP) is 2.01. The molecule has 1 saturated heterocycles. The highest BCUT2D eigenvalue weighted by atomic mass is 35.5. The Bertz CT molecular complexity index is 439. The van der Waals surface area contributed by atoms with E-state index < -0.39 is 0 Å². The fourth-order valence-corrected chi connectivity index (χ4v) is 2.44. The molecule has 3 nitrogen and oxygen atoms in total. The first-order valence-corrected chi connectivity index (χ1v) is 6.19. The number of likely N-dealkylation sites (N-methyl/N-ethyl adjacent to an activating group) is 1. The van der Waals surface area contributed by atoms with Crippen molar-refractivity contribution >= 4 is 11.6 Å². The molecule has 0 aromatic heterocycles. The molecule has 1 aliphatic heterocycles. The highest BCUT2D eigenvalue weighted by Gasteiger charge is 2.21. The zero-order valence-electron chi connectivity index (χ0n) is 9.91. The van der Waals surface area contributed by atoms with Crippen LogP contribution in [-0.4, -0.2) is 31.1 Å². The van der Waals surface area contributed by atoms with Gasteiger partial charge in [0.2, 0.25) is 0 Å². The summed E-state index contributed by atoms with van der Waals surface area (Å²) in [4.78, 5) is 2.38. The van der Waals surface area contributed by atoms with Gasteiger partial charge in [-0.1, -0.05) is 17.7 Å². The van der Waals surface area contributed by atoms with Gasteiger partial charge in [-0.05, 0) is 31.2 Å². The summed E-state index contributed by atoms with van der Waals surface area (Å²) >= 11 is 6.16. The van der Waals surface area contributed by atoms with Gasteiger partial charge in [-0.25, -0.2) is 0 Å². The number of nitriles is 1. The molecule has 1 aromatic carbocycles. The standard InChI is InChI=1S/C13H16ClN3/c1-16-12-4-5-17(9-12)8-11-3-2-10(7-15)6-13(11)14/h2-3,6,12,16H,4-5,8-9H2,1H3. The first-order chi connectivity index (χ1) is 8.22. The van der Waals surface area contributed by atoms with Crippen LogP contribution in [0.5, 0.6) is 0 Å². The number of halogens is 1. The Kier molecular flexibility index (Phi) is 4.01. The van der Waals surface area contributed by atoms with Gasteiger partial charge in [-0.15, -0.1) is 0 Å². The third-order valence-corrected chi connectivity index (χ3v) is 3.61. The normalized spacial score (nSPS) is 20.4. The van der Waals surface area contributed by atoms with Crippen LogP contribution in [-0.2, 0) is 6.54 Å². The van der Waals surface area contributed by atoms with Crippen LogP contribution in [0.25, 0.3) is 0 Å². The van der Waals surface area contributed by atoms with E-state index in [0.717, 1.165) is 25.2 Å². The molecular formula is C13H16ClN3. The third-order valence-electron chi connectivity index (χ3n) is 3.26. The zero-order valence-corrected chi connectivity index (χ0v) is 10.7. The van der Waals surface area contributed by atoms with Crippen LogP contribution in [0.3, 0.4) is 0 Å². The maximum atomic E-state index is 8.78. The molecular weight excluding hydrogens is 234 g/mol. The molecule has 90 valence electrons. The molecule has 0 amide bonds. The van der Waals surface area contributed by atoms with Crippen LogP contribution >= 0.6 is 11.6 Å². The second kappa shape index (κ2) is 5.50. The van der Waals surface area contributed by atoms with Crippen LogP contribution in [0.1, 0.15) is 17.5 Å². The van der Waals surface area contributed by atoms with Crippen molar-refractivity contribution < 1.29 is 0 Å². The molecule has 1 fully saturated rings. The lowest BCUT2D eigenvalue weighted by Gasteiger charge is -2.16. The molecule has 0 saturated carbocycles.